The minimum Gasteiger partial charge on any atom is -0.352 e. The van der Waals surface area contributed by atoms with E-state index in [0.29, 0.717) is 12.6 Å². The SMILES string of the molecule is CC(C)(NCC(=O)NC1CCCC1)C1CC1. The van der Waals surface area contributed by atoms with Crippen molar-refractivity contribution in [3.8, 4) is 0 Å². The van der Waals surface area contributed by atoms with Crippen molar-refractivity contribution in [1.82, 2.24) is 10.6 Å². The van der Waals surface area contributed by atoms with Gasteiger partial charge in [0.25, 0.3) is 0 Å². The molecule has 3 nitrogen and oxygen atoms in total. The van der Waals surface area contributed by atoms with Gasteiger partial charge in [-0.05, 0) is 45.4 Å². The molecule has 0 saturated heterocycles. The normalized spacial score (nSPS) is 22.4. The van der Waals surface area contributed by atoms with Crippen LogP contribution in [0.1, 0.15) is 52.4 Å². The maximum atomic E-state index is 11.7. The Labute approximate surface area is 98.4 Å². The molecule has 16 heavy (non-hydrogen) atoms. The van der Waals surface area contributed by atoms with Crippen LogP contribution >= 0.6 is 0 Å². The second kappa shape index (κ2) is 4.74. The Bertz CT molecular complexity index is 253. The molecule has 0 aromatic rings. The Morgan fingerprint density at radius 1 is 1.19 bits per heavy atom. The van der Waals surface area contributed by atoms with Crippen LogP contribution in [0.2, 0.25) is 0 Å². The lowest BCUT2D eigenvalue weighted by molar-refractivity contribution is -0.121. The minimum atomic E-state index is 0.132. The van der Waals surface area contributed by atoms with E-state index in [1.54, 1.807) is 0 Å². The third-order valence-corrected chi connectivity index (χ3v) is 4.02. The van der Waals surface area contributed by atoms with Gasteiger partial charge in [0.1, 0.15) is 0 Å². The molecule has 0 aromatic heterocycles. The topological polar surface area (TPSA) is 41.1 Å². The highest BCUT2D eigenvalue weighted by Gasteiger charge is 2.37. The Hall–Kier alpha value is -0.570. The molecule has 1 amide bonds. The number of hydrogen-bond donors (Lipinski definition) is 2. The molecule has 0 unspecified atom stereocenters. The first-order chi connectivity index (χ1) is 7.58. The highest BCUT2D eigenvalue weighted by molar-refractivity contribution is 5.78. The van der Waals surface area contributed by atoms with Crippen molar-refractivity contribution in [2.75, 3.05) is 6.54 Å². The molecule has 0 aromatic carbocycles. The van der Waals surface area contributed by atoms with Gasteiger partial charge >= 0.3 is 0 Å². The summed E-state index contributed by atoms with van der Waals surface area (Å²) >= 11 is 0. The number of amides is 1. The molecule has 2 saturated carbocycles. The number of rotatable bonds is 5. The van der Waals surface area contributed by atoms with Crippen LogP contribution in [0, 0.1) is 5.92 Å². The van der Waals surface area contributed by atoms with E-state index in [4.69, 9.17) is 0 Å². The van der Waals surface area contributed by atoms with Gasteiger partial charge in [-0.3, -0.25) is 4.79 Å². The third-order valence-electron chi connectivity index (χ3n) is 4.02. The average Bonchev–Trinajstić information content (AvgIpc) is 2.98. The minimum absolute atomic E-state index is 0.132. The van der Waals surface area contributed by atoms with E-state index in [9.17, 15) is 4.79 Å². The molecule has 2 N–H and O–H groups in total. The fraction of sp³-hybridized carbons (Fsp3) is 0.923. The van der Waals surface area contributed by atoms with Gasteiger partial charge in [-0.25, -0.2) is 0 Å². The Balaban J connectivity index is 1.66. The Morgan fingerprint density at radius 2 is 1.81 bits per heavy atom. The smallest absolute Gasteiger partial charge is 0.234 e. The second-order valence-corrected chi connectivity index (χ2v) is 5.90. The van der Waals surface area contributed by atoms with E-state index in [1.165, 1.54) is 25.7 Å². The molecular weight excluding hydrogens is 200 g/mol. The molecule has 92 valence electrons. The number of hydrogen-bond acceptors (Lipinski definition) is 2. The Morgan fingerprint density at radius 3 is 2.38 bits per heavy atom. The van der Waals surface area contributed by atoms with E-state index in [2.05, 4.69) is 24.5 Å². The summed E-state index contributed by atoms with van der Waals surface area (Å²) in [6, 6.07) is 0.443. The summed E-state index contributed by atoms with van der Waals surface area (Å²) < 4.78 is 0. The van der Waals surface area contributed by atoms with Crippen molar-refractivity contribution in [1.29, 1.82) is 0 Å². The fourth-order valence-corrected chi connectivity index (χ4v) is 2.61. The molecule has 0 aliphatic heterocycles. The lowest BCUT2D eigenvalue weighted by atomic mass is 9.99. The zero-order valence-corrected chi connectivity index (χ0v) is 10.5. The van der Waals surface area contributed by atoms with Crippen molar-refractivity contribution in [3.05, 3.63) is 0 Å². The zero-order valence-electron chi connectivity index (χ0n) is 10.5. The molecule has 0 atom stereocenters. The molecule has 0 heterocycles. The van der Waals surface area contributed by atoms with E-state index in [1.807, 2.05) is 0 Å². The van der Waals surface area contributed by atoms with Crippen molar-refractivity contribution in [2.45, 2.75) is 64.0 Å². The molecular formula is C13H24N2O. The maximum Gasteiger partial charge on any atom is 0.234 e. The van der Waals surface area contributed by atoms with Crippen LogP contribution in [0.5, 0.6) is 0 Å². The fourth-order valence-electron chi connectivity index (χ4n) is 2.61. The van der Waals surface area contributed by atoms with E-state index in [0.717, 1.165) is 18.8 Å². The van der Waals surface area contributed by atoms with Gasteiger partial charge in [-0.2, -0.15) is 0 Å². The van der Waals surface area contributed by atoms with Gasteiger partial charge in [0, 0.05) is 11.6 Å². The van der Waals surface area contributed by atoms with Crippen LogP contribution in [0.3, 0.4) is 0 Å². The number of carbonyl (C=O) groups is 1. The van der Waals surface area contributed by atoms with Gasteiger partial charge in [-0.1, -0.05) is 12.8 Å². The zero-order chi connectivity index (χ0) is 11.6. The predicted molar refractivity (Wildman–Crippen MR) is 65.2 cm³/mol. The second-order valence-electron chi connectivity index (χ2n) is 5.90. The lowest BCUT2D eigenvalue weighted by Crippen LogP contribution is -2.48. The van der Waals surface area contributed by atoms with Gasteiger partial charge < -0.3 is 10.6 Å². The largest absolute Gasteiger partial charge is 0.352 e. The van der Waals surface area contributed by atoms with E-state index in [-0.39, 0.29) is 11.4 Å². The average molecular weight is 224 g/mol. The first-order valence-corrected chi connectivity index (χ1v) is 6.62. The van der Waals surface area contributed by atoms with Crippen LogP contribution in [-0.2, 0) is 4.79 Å². The molecule has 0 spiro atoms. The van der Waals surface area contributed by atoms with E-state index < -0.39 is 0 Å². The number of nitrogens with one attached hydrogen (secondary N) is 2. The summed E-state index contributed by atoms with van der Waals surface area (Å²) in [6.45, 7) is 4.88. The van der Waals surface area contributed by atoms with Crippen LogP contribution in [-0.4, -0.2) is 24.0 Å². The molecule has 2 aliphatic rings. The van der Waals surface area contributed by atoms with Crippen molar-refractivity contribution in [2.24, 2.45) is 5.92 Å². The van der Waals surface area contributed by atoms with Crippen LogP contribution in [0.4, 0.5) is 0 Å². The number of carbonyl (C=O) groups excluding carboxylic acids is 1. The van der Waals surface area contributed by atoms with Crippen molar-refractivity contribution < 1.29 is 4.79 Å². The summed E-state index contributed by atoms with van der Waals surface area (Å²) in [5.41, 5.74) is 0.132. The first-order valence-electron chi connectivity index (χ1n) is 6.62. The molecule has 2 rings (SSSR count). The van der Waals surface area contributed by atoms with Gasteiger partial charge in [-0.15, -0.1) is 0 Å². The summed E-state index contributed by atoms with van der Waals surface area (Å²) in [5, 5.41) is 6.49. The predicted octanol–water partition coefficient (Wildman–Crippen LogP) is 1.82. The molecule has 3 heteroatoms. The maximum absolute atomic E-state index is 11.7. The van der Waals surface area contributed by atoms with Crippen molar-refractivity contribution in [3.63, 3.8) is 0 Å². The quantitative estimate of drug-likeness (QED) is 0.748. The third kappa shape index (κ3) is 3.21. The van der Waals surface area contributed by atoms with E-state index >= 15 is 0 Å². The van der Waals surface area contributed by atoms with Gasteiger partial charge in [0.05, 0.1) is 6.54 Å². The summed E-state index contributed by atoms with van der Waals surface area (Å²) in [5.74, 6) is 0.937. The highest BCUT2D eigenvalue weighted by atomic mass is 16.2. The van der Waals surface area contributed by atoms with Crippen LogP contribution in [0.15, 0.2) is 0 Å². The lowest BCUT2D eigenvalue weighted by Gasteiger charge is -2.26. The Kier molecular flexibility index (Phi) is 3.53. The molecule has 2 aliphatic carbocycles. The monoisotopic (exact) mass is 224 g/mol. The highest BCUT2D eigenvalue weighted by Crippen LogP contribution is 2.38. The summed E-state index contributed by atoms with van der Waals surface area (Å²) in [4.78, 5) is 11.7. The standard InChI is InChI=1S/C13H24N2O/c1-13(2,10-7-8-10)14-9-12(16)15-11-5-3-4-6-11/h10-11,14H,3-9H2,1-2H3,(H,15,16). The molecule has 0 bridgehead atoms. The molecule has 2 fully saturated rings. The summed E-state index contributed by atoms with van der Waals surface area (Å²) in [7, 11) is 0. The van der Waals surface area contributed by atoms with Crippen molar-refractivity contribution >= 4 is 5.91 Å². The van der Waals surface area contributed by atoms with Gasteiger partial charge in [0.15, 0.2) is 0 Å². The summed E-state index contributed by atoms with van der Waals surface area (Å²) in [6.07, 6.45) is 7.49. The van der Waals surface area contributed by atoms with Crippen LogP contribution < -0.4 is 10.6 Å². The van der Waals surface area contributed by atoms with Crippen LogP contribution in [0.25, 0.3) is 0 Å². The molecule has 0 radical (unpaired) electrons. The van der Waals surface area contributed by atoms with Gasteiger partial charge in [0.2, 0.25) is 5.91 Å². The first kappa shape index (κ1) is 11.9.